The molecule has 0 saturated carbocycles. The van der Waals surface area contributed by atoms with Crippen LogP contribution in [-0.2, 0) is 9.53 Å². The number of halogens is 3. The van der Waals surface area contributed by atoms with Gasteiger partial charge in [-0.05, 0) is 25.1 Å². The fourth-order valence-electron chi connectivity index (χ4n) is 1.30. The summed E-state index contributed by atoms with van der Waals surface area (Å²) in [5.74, 6) is -1.83. The van der Waals surface area contributed by atoms with Crippen molar-refractivity contribution in [2.24, 2.45) is 5.73 Å². The topological polar surface area (TPSA) is 52.3 Å². The van der Waals surface area contributed by atoms with E-state index in [1.807, 2.05) is 0 Å². The molecular formula is C11H12ClF2NO2. The quantitative estimate of drug-likeness (QED) is 0.849. The van der Waals surface area contributed by atoms with Crippen LogP contribution in [0.25, 0.3) is 0 Å². The molecule has 17 heavy (non-hydrogen) atoms. The maximum absolute atomic E-state index is 13.6. The summed E-state index contributed by atoms with van der Waals surface area (Å²) in [6.45, 7) is 1.57. The van der Waals surface area contributed by atoms with Gasteiger partial charge in [-0.2, -0.15) is 0 Å². The van der Waals surface area contributed by atoms with Crippen LogP contribution in [0.1, 0.15) is 18.5 Å². The molecule has 0 aliphatic rings. The van der Waals surface area contributed by atoms with Crippen molar-refractivity contribution in [3.63, 3.8) is 0 Å². The van der Waals surface area contributed by atoms with Crippen LogP contribution in [0.2, 0.25) is 5.02 Å². The number of esters is 1. The second-order valence-corrected chi connectivity index (χ2v) is 3.78. The van der Waals surface area contributed by atoms with Crippen molar-refractivity contribution < 1.29 is 18.3 Å². The van der Waals surface area contributed by atoms with Gasteiger partial charge in [-0.3, -0.25) is 0 Å². The van der Waals surface area contributed by atoms with E-state index in [0.717, 1.165) is 6.07 Å². The Bertz CT molecular complexity index is 414. The summed E-state index contributed by atoms with van der Waals surface area (Å²) in [5.41, 5.74) is 5.31. The Hall–Kier alpha value is -1.20. The normalized spacial score (nSPS) is 14.2. The van der Waals surface area contributed by atoms with Gasteiger partial charge in [-0.1, -0.05) is 11.6 Å². The zero-order valence-electron chi connectivity index (χ0n) is 9.12. The predicted octanol–water partition coefficient (Wildman–Crippen LogP) is 2.38. The average Bonchev–Trinajstić information content (AvgIpc) is 2.30. The van der Waals surface area contributed by atoms with Crippen LogP contribution in [0.15, 0.2) is 18.2 Å². The van der Waals surface area contributed by atoms with E-state index < -0.39 is 24.0 Å². The number of benzene rings is 1. The maximum atomic E-state index is 13.6. The maximum Gasteiger partial charge on any atom is 0.342 e. The molecule has 1 aromatic carbocycles. The van der Waals surface area contributed by atoms with Crippen LogP contribution in [0.5, 0.6) is 0 Å². The summed E-state index contributed by atoms with van der Waals surface area (Å²) in [5, 5.41) is 0.216. The van der Waals surface area contributed by atoms with Gasteiger partial charge < -0.3 is 10.5 Å². The fraction of sp³-hybridized carbons (Fsp3) is 0.364. The SMILES string of the molecule is CCOC(=O)C(F)[C@H](N)c1cc(Cl)ccc1F. The lowest BCUT2D eigenvalue weighted by molar-refractivity contribution is -0.149. The van der Waals surface area contributed by atoms with E-state index in [4.69, 9.17) is 17.3 Å². The summed E-state index contributed by atoms with van der Waals surface area (Å²) in [6, 6.07) is 2.13. The molecule has 6 heteroatoms. The van der Waals surface area contributed by atoms with Crippen LogP contribution in [0, 0.1) is 5.82 Å². The van der Waals surface area contributed by atoms with Gasteiger partial charge in [0, 0.05) is 10.6 Å². The highest BCUT2D eigenvalue weighted by Crippen LogP contribution is 2.24. The Labute approximate surface area is 103 Å². The number of alkyl halides is 1. The van der Waals surface area contributed by atoms with Crippen LogP contribution in [0.4, 0.5) is 8.78 Å². The molecule has 1 unspecified atom stereocenters. The first kappa shape index (κ1) is 13.9. The Morgan fingerprint density at radius 3 is 2.82 bits per heavy atom. The molecular weight excluding hydrogens is 252 g/mol. The highest BCUT2D eigenvalue weighted by atomic mass is 35.5. The Morgan fingerprint density at radius 1 is 1.59 bits per heavy atom. The third kappa shape index (κ3) is 3.38. The molecule has 1 aromatic rings. The first-order chi connectivity index (χ1) is 7.97. The Balaban J connectivity index is 2.91. The zero-order valence-corrected chi connectivity index (χ0v) is 9.88. The van der Waals surface area contributed by atoms with E-state index in [2.05, 4.69) is 4.74 Å². The molecule has 0 aromatic heterocycles. The summed E-state index contributed by atoms with van der Waals surface area (Å²) in [7, 11) is 0. The molecule has 1 rings (SSSR count). The van der Waals surface area contributed by atoms with Crippen LogP contribution in [-0.4, -0.2) is 18.7 Å². The summed E-state index contributed by atoms with van der Waals surface area (Å²) >= 11 is 5.65. The molecule has 0 radical (unpaired) electrons. The van der Waals surface area contributed by atoms with Gasteiger partial charge in [0.15, 0.2) is 0 Å². The average molecular weight is 264 g/mol. The summed E-state index contributed by atoms with van der Waals surface area (Å²) < 4.78 is 31.4. The van der Waals surface area contributed by atoms with Crippen molar-refractivity contribution in [1.29, 1.82) is 0 Å². The number of carbonyl (C=O) groups is 1. The molecule has 0 aliphatic carbocycles. The van der Waals surface area contributed by atoms with Gasteiger partial charge in [0.25, 0.3) is 0 Å². The number of hydrogen-bond acceptors (Lipinski definition) is 3. The number of ether oxygens (including phenoxy) is 1. The van der Waals surface area contributed by atoms with Crippen molar-refractivity contribution in [3.05, 3.63) is 34.6 Å². The largest absolute Gasteiger partial charge is 0.464 e. The van der Waals surface area contributed by atoms with Gasteiger partial charge >= 0.3 is 5.97 Å². The van der Waals surface area contributed by atoms with Gasteiger partial charge in [0.2, 0.25) is 6.17 Å². The summed E-state index contributed by atoms with van der Waals surface area (Å²) in [6.07, 6.45) is -2.12. The van der Waals surface area contributed by atoms with Crippen molar-refractivity contribution in [2.75, 3.05) is 6.61 Å². The monoisotopic (exact) mass is 263 g/mol. The first-order valence-corrected chi connectivity index (χ1v) is 5.36. The highest BCUT2D eigenvalue weighted by molar-refractivity contribution is 6.30. The molecule has 0 fully saturated rings. The lowest BCUT2D eigenvalue weighted by Gasteiger charge is -2.16. The van der Waals surface area contributed by atoms with Gasteiger partial charge in [0.05, 0.1) is 12.6 Å². The van der Waals surface area contributed by atoms with E-state index in [1.165, 1.54) is 19.1 Å². The minimum atomic E-state index is -2.12. The van der Waals surface area contributed by atoms with E-state index in [9.17, 15) is 13.6 Å². The van der Waals surface area contributed by atoms with Crippen molar-refractivity contribution in [1.82, 2.24) is 0 Å². The zero-order chi connectivity index (χ0) is 13.0. The molecule has 3 nitrogen and oxygen atoms in total. The third-order valence-corrected chi connectivity index (χ3v) is 2.38. The van der Waals surface area contributed by atoms with E-state index in [-0.39, 0.29) is 17.2 Å². The van der Waals surface area contributed by atoms with Crippen LogP contribution >= 0.6 is 11.6 Å². The number of carbonyl (C=O) groups excluding carboxylic acids is 1. The van der Waals surface area contributed by atoms with Crippen molar-refractivity contribution in [3.8, 4) is 0 Å². The molecule has 0 bridgehead atoms. The standard InChI is InChI=1S/C11H12ClF2NO2/c1-2-17-11(16)9(14)10(15)7-5-6(12)3-4-8(7)13/h3-5,9-10H,2,15H2,1H3/t9?,10-/m1/s1. The first-order valence-electron chi connectivity index (χ1n) is 4.98. The predicted molar refractivity (Wildman–Crippen MR) is 59.9 cm³/mol. The van der Waals surface area contributed by atoms with Crippen molar-refractivity contribution in [2.45, 2.75) is 19.1 Å². The van der Waals surface area contributed by atoms with E-state index in [1.54, 1.807) is 0 Å². The van der Waals surface area contributed by atoms with Gasteiger partial charge in [-0.15, -0.1) is 0 Å². The van der Waals surface area contributed by atoms with Gasteiger partial charge in [0.1, 0.15) is 5.82 Å². The number of nitrogens with two attached hydrogens (primary N) is 1. The molecule has 94 valence electrons. The minimum absolute atomic E-state index is 0.0317. The second kappa shape index (κ2) is 5.93. The smallest absolute Gasteiger partial charge is 0.342 e. The molecule has 2 atom stereocenters. The molecule has 0 heterocycles. The lowest BCUT2D eigenvalue weighted by Crippen LogP contribution is -2.32. The second-order valence-electron chi connectivity index (χ2n) is 3.35. The van der Waals surface area contributed by atoms with Crippen molar-refractivity contribution >= 4 is 17.6 Å². The fourth-order valence-corrected chi connectivity index (χ4v) is 1.48. The molecule has 0 saturated heterocycles. The minimum Gasteiger partial charge on any atom is -0.464 e. The number of rotatable bonds is 4. The Kier molecular flexibility index (Phi) is 4.84. The highest BCUT2D eigenvalue weighted by Gasteiger charge is 2.29. The Morgan fingerprint density at radius 2 is 2.24 bits per heavy atom. The molecule has 0 spiro atoms. The third-order valence-electron chi connectivity index (χ3n) is 2.14. The van der Waals surface area contributed by atoms with E-state index >= 15 is 0 Å². The summed E-state index contributed by atoms with van der Waals surface area (Å²) in [4.78, 5) is 11.1. The lowest BCUT2D eigenvalue weighted by atomic mass is 10.0. The number of hydrogen-bond donors (Lipinski definition) is 1. The molecule has 2 N–H and O–H groups in total. The van der Waals surface area contributed by atoms with Gasteiger partial charge in [-0.25, -0.2) is 13.6 Å². The van der Waals surface area contributed by atoms with E-state index in [0.29, 0.717) is 0 Å². The van der Waals surface area contributed by atoms with Crippen LogP contribution < -0.4 is 5.73 Å². The van der Waals surface area contributed by atoms with Crippen LogP contribution in [0.3, 0.4) is 0 Å². The molecule has 0 amide bonds. The molecule has 0 aliphatic heterocycles.